The second-order valence-corrected chi connectivity index (χ2v) is 0. The monoisotopic (exact) mass is 597 g/mol. The van der Waals surface area contributed by atoms with Crippen molar-refractivity contribution in [2.75, 3.05) is 0 Å². The first-order valence-electron chi connectivity index (χ1n) is 0. The summed E-state index contributed by atoms with van der Waals surface area (Å²) in [5, 5.41) is 0. The van der Waals surface area contributed by atoms with Crippen LogP contribution in [0.1, 0.15) is 0 Å². The summed E-state index contributed by atoms with van der Waals surface area (Å²) in [6, 6.07) is 0. The smallest absolute Gasteiger partial charge is 0 e. The Balaban J connectivity index is 0. The molecule has 0 fully saturated rings. The molecule has 3 radical (unpaired) electrons. The van der Waals surface area contributed by atoms with E-state index >= 15 is 0 Å². The van der Waals surface area contributed by atoms with Gasteiger partial charge in [-0.2, -0.15) is 0 Å². The van der Waals surface area contributed by atoms with Gasteiger partial charge in [-0.25, -0.2) is 0 Å². The molecule has 0 aromatic heterocycles. The van der Waals surface area contributed by atoms with E-state index in [9.17, 15) is 0 Å². The Morgan fingerprint density at radius 2 is 0.333 bits per heavy atom. The van der Waals surface area contributed by atoms with Crippen molar-refractivity contribution >= 4 is 0 Å². The Bertz CT molecular complexity index is 6.00. The van der Waals surface area contributed by atoms with Crippen LogP contribution in [0.4, 0.5) is 0 Å². The van der Waals surface area contributed by atoms with Gasteiger partial charge in [0.1, 0.15) is 0 Å². The molecule has 0 saturated heterocycles. The molecule has 6 N–H and O–H groups in total. The van der Waals surface area contributed by atoms with Gasteiger partial charge in [-0.1, -0.05) is 0 Å². The normalized spacial score (nSPS) is 0. The molecule has 0 bridgehead atoms. The molecular formula is H6O3Ta3. The molecule has 0 amide bonds. The molecule has 6 heteroatoms. The van der Waals surface area contributed by atoms with Crippen LogP contribution in [0.5, 0.6) is 0 Å². The van der Waals surface area contributed by atoms with Crippen molar-refractivity contribution < 1.29 is 83.6 Å². The molecule has 0 spiro atoms. The standard InChI is InChI=1S/3H2O.3Ta/h3*1H2;;;. The molecule has 0 rings (SSSR count). The second kappa shape index (κ2) is 59.9. The second-order valence-electron chi connectivity index (χ2n) is 0. The zero-order valence-corrected chi connectivity index (χ0v) is 12.5. The van der Waals surface area contributed by atoms with Crippen LogP contribution in [0, 0.1) is 0 Å². The van der Waals surface area contributed by atoms with Crippen molar-refractivity contribution in [2.45, 2.75) is 0 Å². The van der Waals surface area contributed by atoms with E-state index in [1.54, 1.807) is 0 Å². The Labute approximate surface area is 82.7 Å². The first kappa shape index (κ1) is 92.6. The van der Waals surface area contributed by atoms with Gasteiger partial charge in [-0.15, -0.1) is 0 Å². The van der Waals surface area contributed by atoms with Crippen molar-refractivity contribution in [3.05, 3.63) is 0 Å². The van der Waals surface area contributed by atoms with Crippen molar-refractivity contribution in [2.24, 2.45) is 0 Å². The van der Waals surface area contributed by atoms with Crippen LogP contribution in [0.2, 0.25) is 0 Å². The van der Waals surface area contributed by atoms with E-state index in [0.717, 1.165) is 0 Å². The maximum atomic E-state index is 0. The maximum Gasteiger partial charge on any atom is 0 e. The van der Waals surface area contributed by atoms with Crippen molar-refractivity contribution in [3.8, 4) is 0 Å². The Hall–Kier alpha value is 2.10. The zero-order valence-electron chi connectivity index (χ0n) is 2.84. The molecule has 0 aromatic rings. The van der Waals surface area contributed by atoms with Crippen molar-refractivity contribution in [3.63, 3.8) is 0 Å². The van der Waals surface area contributed by atoms with Crippen LogP contribution < -0.4 is 0 Å². The predicted molar refractivity (Wildman–Crippen MR) is 10.8 cm³/mol. The quantitative estimate of drug-likeness (QED) is 0.296. The molecule has 39 valence electrons. The first-order valence-corrected chi connectivity index (χ1v) is 0. The Morgan fingerprint density at radius 1 is 0.333 bits per heavy atom. The third-order valence-electron chi connectivity index (χ3n) is 0. The fourth-order valence-corrected chi connectivity index (χ4v) is 0. The largest absolute Gasteiger partial charge is 0.412 e. The van der Waals surface area contributed by atoms with Crippen LogP contribution >= 0.6 is 0 Å². The Kier molecular flexibility index (Phi) is 924. The summed E-state index contributed by atoms with van der Waals surface area (Å²) in [6.07, 6.45) is 0. The van der Waals surface area contributed by atoms with Gasteiger partial charge in [-0.05, 0) is 0 Å². The van der Waals surface area contributed by atoms with E-state index in [-0.39, 0.29) is 83.6 Å². The third kappa shape index (κ3) is 36.0. The van der Waals surface area contributed by atoms with Gasteiger partial charge in [0.05, 0.1) is 0 Å². The fraction of sp³-hybridized carbons (Fsp3) is 0. The first-order chi connectivity index (χ1) is 0. The predicted octanol–water partition coefficient (Wildman–Crippen LogP) is -2.48. The number of hydrogen-bond acceptors (Lipinski definition) is 0. The molecule has 0 unspecified atom stereocenters. The van der Waals surface area contributed by atoms with Gasteiger partial charge in [0, 0.05) is 67.1 Å². The van der Waals surface area contributed by atoms with E-state index in [2.05, 4.69) is 0 Å². The van der Waals surface area contributed by atoms with Gasteiger partial charge >= 0.3 is 0 Å². The van der Waals surface area contributed by atoms with Crippen molar-refractivity contribution in [1.29, 1.82) is 0 Å². The molecule has 0 saturated carbocycles. The molecule has 0 aliphatic rings. The Morgan fingerprint density at radius 3 is 0.333 bits per heavy atom. The van der Waals surface area contributed by atoms with Crippen LogP contribution in [0.3, 0.4) is 0 Å². The average molecular weight is 597 g/mol. The summed E-state index contributed by atoms with van der Waals surface area (Å²) >= 11 is 0. The minimum Gasteiger partial charge on any atom is -0.412 e. The third-order valence-corrected chi connectivity index (χ3v) is 0. The molecule has 0 aromatic carbocycles. The topological polar surface area (TPSA) is 94.5 Å². The van der Waals surface area contributed by atoms with E-state index in [4.69, 9.17) is 0 Å². The zero-order chi connectivity index (χ0) is 0. The van der Waals surface area contributed by atoms with Crippen LogP contribution in [0.25, 0.3) is 0 Å². The van der Waals surface area contributed by atoms with Gasteiger partial charge < -0.3 is 16.4 Å². The summed E-state index contributed by atoms with van der Waals surface area (Å²) in [5.74, 6) is 0. The van der Waals surface area contributed by atoms with Crippen LogP contribution in [-0.2, 0) is 67.1 Å². The van der Waals surface area contributed by atoms with Gasteiger partial charge in [-0.3, -0.25) is 0 Å². The van der Waals surface area contributed by atoms with Gasteiger partial charge in [0.15, 0.2) is 0 Å². The maximum absolute atomic E-state index is 0. The molecule has 0 aliphatic heterocycles. The van der Waals surface area contributed by atoms with E-state index in [0.29, 0.717) is 0 Å². The summed E-state index contributed by atoms with van der Waals surface area (Å²) in [4.78, 5) is 0. The van der Waals surface area contributed by atoms with Gasteiger partial charge in [0.2, 0.25) is 0 Å². The molecule has 0 aliphatic carbocycles. The van der Waals surface area contributed by atoms with E-state index in [1.807, 2.05) is 0 Å². The van der Waals surface area contributed by atoms with Crippen LogP contribution in [-0.4, -0.2) is 16.4 Å². The summed E-state index contributed by atoms with van der Waals surface area (Å²) in [6.45, 7) is 0. The minimum absolute atomic E-state index is 0. The van der Waals surface area contributed by atoms with Crippen molar-refractivity contribution in [1.82, 2.24) is 0 Å². The number of rotatable bonds is 0. The minimum atomic E-state index is 0. The van der Waals surface area contributed by atoms with Crippen LogP contribution in [0.15, 0.2) is 0 Å². The summed E-state index contributed by atoms with van der Waals surface area (Å²) in [5.41, 5.74) is 0. The molecule has 0 atom stereocenters. The summed E-state index contributed by atoms with van der Waals surface area (Å²) < 4.78 is 0. The van der Waals surface area contributed by atoms with Gasteiger partial charge in [0.25, 0.3) is 0 Å². The van der Waals surface area contributed by atoms with E-state index in [1.165, 1.54) is 0 Å². The molecular weight excluding hydrogens is 591 g/mol. The molecule has 6 heavy (non-hydrogen) atoms. The fourth-order valence-electron chi connectivity index (χ4n) is 0. The summed E-state index contributed by atoms with van der Waals surface area (Å²) in [7, 11) is 0. The molecule has 3 nitrogen and oxygen atoms in total. The van der Waals surface area contributed by atoms with E-state index < -0.39 is 0 Å². The average Bonchev–Trinajstić information content (AvgIpc) is 0. The SMILES string of the molecule is O.O.O.[Ta].[Ta].[Ta]. The number of hydrogen-bond donors (Lipinski definition) is 0. The molecule has 0 heterocycles.